The lowest BCUT2D eigenvalue weighted by Crippen LogP contribution is -2.13. The Hall–Kier alpha value is -2.19. The maximum atomic E-state index is 12.4. The van der Waals surface area contributed by atoms with Crippen molar-refractivity contribution in [1.82, 2.24) is 19.4 Å². The highest BCUT2D eigenvalue weighted by Gasteiger charge is 2.13. The first-order valence-electron chi connectivity index (χ1n) is 6.54. The lowest BCUT2D eigenvalue weighted by molar-refractivity contribution is 0.102. The normalized spacial score (nSPS) is 11.0. The summed E-state index contributed by atoms with van der Waals surface area (Å²) < 4.78 is 9.25. The highest BCUT2D eigenvalue weighted by molar-refractivity contribution is 9.10. The first kappa shape index (κ1) is 14.7. The van der Waals surface area contributed by atoms with Gasteiger partial charge in [-0.1, -0.05) is 0 Å². The van der Waals surface area contributed by atoms with E-state index in [0.717, 1.165) is 9.99 Å². The van der Waals surface area contributed by atoms with Crippen LogP contribution in [0.25, 0.3) is 5.52 Å². The number of aryl methyl sites for hydroxylation is 1. The number of amides is 1. The zero-order valence-corrected chi connectivity index (χ0v) is 13.7. The van der Waals surface area contributed by atoms with Crippen molar-refractivity contribution in [2.24, 2.45) is 7.05 Å². The maximum Gasteiger partial charge on any atom is 0.257 e. The number of methoxy groups -OCH3 is 1. The number of nitrogens with one attached hydrogen (secondary N) is 1. The average molecular weight is 364 g/mol. The molecule has 0 aliphatic heterocycles. The predicted molar refractivity (Wildman–Crippen MR) is 84.8 cm³/mol. The number of pyridine rings is 1. The second kappa shape index (κ2) is 5.90. The summed E-state index contributed by atoms with van der Waals surface area (Å²) >= 11 is 3.40. The van der Waals surface area contributed by atoms with Crippen molar-refractivity contribution in [1.29, 1.82) is 0 Å². The first-order valence-corrected chi connectivity index (χ1v) is 7.33. The summed E-state index contributed by atoms with van der Waals surface area (Å²) in [7, 11) is 3.38. The summed E-state index contributed by atoms with van der Waals surface area (Å²) in [5, 5.41) is 11.3. The minimum atomic E-state index is -0.223. The topological polar surface area (TPSA) is 73.4 Å². The Morgan fingerprint density at radius 3 is 3.00 bits per heavy atom. The van der Waals surface area contributed by atoms with E-state index in [1.165, 1.54) is 0 Å². The number of hydrogen-bond acceptors (Lipinski definition) is 4. The molecule has 0 saturated carbocycles. The molecule has 0 spiro atoms. The molecule has 0 atom stereocenters. The summed E-state index contributed by atoms with van der Waals surface area (Å²) in [4.78, 5) is 12.4. The number of anilines is 1. The number of carbonyl (C=O) groups is 1. The summed E-state index contributed by atoms with van der Waals surface area (Å²) in [6, 6.07) is 3.59. The van der Waals surface area contributed by atoms with Crippen LogP contribution in [0.1, 0.15) is 16.1 Å². The van der Waals surface area contributed by atoms with E-state index in [2.05, 4.69) is 31.4 Å². The fraction of sp³-hybridized carbons (Fsp3) is 0.214. The molecule has 114 valence electrons. The monoisotopic (exact) mass is 363 g/mol. The van der Waals surface area contributed by atoms with Crippen molar-refractivity contribution in [3.05, 3.63) is 46.5 Å². The molecular weight excluding hydrogens is 350 g/mol. The van der Waals surface area contributed by atoms with Crippen LogP contribution in [0.15, 0.2) is 35.2 Å². The van der Waals surface area contributed by atoms with E-state index in [1.807, 2.05) is 6.07 Å². The van der Waals surface area contributed by atoms with Gasteiger partial charge in [0.25, 0.3) is 5.91 Å². The number of carbonyl (C=O) groups excluding carboxylic acids is 1. The Balaban J connectivity index is 1.86. The molecule has 3 aromatic heterocycles. The molecule has 1 amide bonds. The van der Waals surface area contributed by atoms with Crippen molar-refractivity contribution in [2.45, 2.75) is 6.61 Å². The molecule has 0 unspecified atom stereocenters. The predicted octanol–water partition coefficient (Wildman–Crippen LogP) is 2.23. The number of aromatic nitrogens is 4. The fourth-order valence-electron chi connectivity index (χ4n) is 2.16. The Kier molecular flexibility index (Phi) is 3.95. The second-order valence-electron chi connectivity index (χ2n) is 4.79. The van der Waals surface area contributed by atoms with Crippen LogP contribution < -0.4 is 5.32 Å². The number of fused-ring (bicyclic) bond motifs is 1. The minimum Gasteiger partial charge on any atom is -0.378 e. The summed E-state index contributed by atoms with van der Waals surface area (Å²) in [5.74, 6) is -0.223. The highest BCUT2D eigenvalue weighted by atomic mass is 79.9. The molecule has 0 aliphatic carbocycles. The van der Waals surface area contributed by atoms with E-state index in [1.54, 1.807) is 48.0 Å². The van der Waals surface area contributed by atoms with Gasteiger partial charge in [0.05, 0.1) is 34.0 Å². The second-order valence-corrected chi connectivity index (χ2v) is 5.64. The zero-order valence-electron chi connectivity index (χ0n) is 12.1. The number of rotatable bonds is 4. The number of ether oxygens (including phenoxy) is 1. The summed E-state index contributed by atoms with van der Waals surface area (Å²) in [6.07, 6.45) is 5.12. The molecule has 1 N–H and O–H groups in total. The Morgan fingerprint density at radius 1 is 1.41 bits per heavy atom. The molecule has 0 bridgehead atoms. The van der Waals surface area contributed by atoms with Crippen LogP contribution in [0.4, 0.5) is 5.69 Å². The molecule has 3 heterocycles. The smallest absolute Gasteiger partial charge is 0.257 e. The number of halogens is 1. The van der Waals surface area contributed by atoms with Crippen molar-refractivity contribution in [2.75, 3.05) is 12.4 Å². The van der Waals surface area contributed by atoms with Gasteiger partial charge in [0.2, 0.25) is 0 Å². The van der Waals surface area contributed by atoms with Gasteiger partial charge in [-0.05, 0) is 28.1 Å². The molecule has 7 nitrogen and oxygen atoms in total. The Bertz CT molecular complexity index is 839. The van der Waals surface area contributed by atoms with E-state index in [-0.39, 0.29) is 5.91 Å². The largest absolute Gasteiger partial charge is 0.378 e. The molecule has 3 rings (SSSR count). The van der Waals surface area contributed by atoms with Crippen molar-refractivity contribution < 1.29 is 9.53 Å². The molecule has 8 heteroatoms. The fourth-order valence-corrected chi connectivity index (χ4v) is 2.57. The highest BCUT2D eigenvalue weighted by Crippen LogP contribution is 2.19. The van der Waals surface area contributed by atoms with Gasteiger partial charge in [-0.25, -0.2) is 4.52 Å². The van der Waals surface area contributed by atoms with Crippen LogP contribution in [0.3, 0.4) is 0 Å². The lowest BCUT2D eigenvalue weighted by Gasteiger charge is -2.05. The minimum absolute atomic E-state index is 0.223. The zero-order chi connectivity index (χ0) is 15.7. The van der Waals surface area contributed by atoms with Gasteiger partial charge in [0.1, 0.15) is 5.69 Å². The molecule has 0 saturated heterocycles. The van der Waals surface area contributed by atoms with E-state index < -0.39 is 0 Å². The lowest BCUT2D eigenvalue weighted by atomic mass is 10.2. The molecule has 3 aromatic rings. The quantitative estimate of drug-likeness (QED) is 0.771. The van der Waals surface area contributed by atoms with Gasteiger partial charge in [-0.15, -0.1) is 0 Å². The van der Waals surface area contributed by atoms with E-state index in [9.17, 15) is 4.79 Å². The molecule has 22 heavy (non-hydrogen) atoms. The van der Waals surface area contributed by atoms with E-state index in [4.69, 9.17) is 4.74 Å². The molecule has 0 aromatic carbocycles. The molecule has 0 fully saturated rings. The van der Waals surface area contributed by atoms with E-state index >= 15 is 0 Å². The maximum absolute atomic E-state index is 12.4. The van der Waals surface area contributed by atoms with Gasteiger partial charge in [-0.2, -0.15) is 10.2 Å². The standard InChI is InChI=1S/C14H14BrN5O2/c1-19-7-11(12(18-19)8-22-2)17-14(21)9-3-4-13-10(15)5-16-20(13)6-9/h3-7H,8H2,1-2H3,(H,17,21). The third-order valence-electron chi connectivity index (χ3n) is 3.17. The van der Waals surface area contributed by atoms with Crippen LogP contribution in [-0.4, -0.2) is 32.4 Å². The van der Waals surface area contributed by atoms with Gasteiger partial charge in [0, 0.05) is 26.6 Å². The number of hydrogen-bond donors (Lipinski definition) is 1. The van der Waals surface area contributed by atoms with Gasteiger partial charge < -0.3 is 10.1 Å². The summed E-state index contributed by atoms with van der Waals surface area (Å²) in [5.41, 5.74) is 2.73. The van der Waals surface area contributed by atoms with Crippen molar-refractivity contribution in [3.8, 4) is 0 Å². The Labute approximate surface area is 135 Å². The van der Waals surface area contributed by atoms with Gasteiger partial charge in [0.15, 0.2) is 0 Å². The van der Waals surface area contributed by atoms with Crippen molar-refractivity contribution in [3.63, 3.8) is 0 Å². The van der Waals surface area contributed by atoms with Crippen LogP contribution >= 0.6 is 15.9 Å². The first-order chi connectivity index (χ1) is 10.6. The Morgan fingerprint density at radius 2 is 2.23 bits per heavy atom. The van der Waals surface area contributed by atoms with E-state index in [0.29, 0.717) is 23.6 Å². The van der Waals surface area contributed by atoms with Crippen LogP contribution in [0, 0.1) is 0 Å². The average Bonchev–Trinajstić information content (AvgIpc) is 3.03. The SMILES string of the molecule is COCc1nn(C)cc1NC(=O)c1ccc2c(Br)cnn2c1. The number of nitrogens with zero attached hydrogens (tertiary/aromatic N) is 4. The van der Waals surface area contributed by atoms with Crippen molar-refractivity contribution >= 4 is 33.0 Å². The molecule has 0 radical (unpaired) electrons. The third-order valence-corrected chi connectivity index (χ3v) is 3.78. The molecule has 0 aliphatic rings. The summed E-state index contributed by atoms with van der Waals surface area (Å²) in [6.45, 7) is 0.335. The van der Waals surface area contributed by atoms with Gasteiger partial charge in [-0.3, -0.25) is 9.48 Å². The molecular formula is C14H14BrN5O2. The van der Waals surface area contributed by atoms with Crippen LogP contribution in [0.5, 0.6) is 0 Å². The van der Waals surface area contributed by atoms with Crippen LogP contribution in [-0.2, 0) is 18.4 Å². The van der Waals surface area contributed by atoms with Crippen LogP contribution in [0.2, 0.25) is 0 Å². The van der Waals surface area contributed by atoms with Gasteiger partial charge >= 0.3 is 0 Å². The third kappa shape index (κ3) is 2.75.